The Morgan fingerprint density at radius 2 is 1.91 bits per heavy atom. The Morgan fingerprint density at radius 3 is 2.63 bits per heavy atom. The van der Waals surface area contributed by atoms with Crippen molar-refractivity contribution in [3.05, 3.63) is 53.7 Å². The predicted molar refractivity (Wildman–Crippen MR) is 141 cm³/mol. The Kier molecular flexibility index (Phi) is 7.60. The van der Waals surface area contributed by atoms with E-state index in [0.29, 0.717) is 17.6 Å². The van der Waals surface area contributed by atoms with E-state index in [2.05, 4.69) is 60.3 Å². The van der Waals surface area contributed by atoms with E-state index < -0.39 is 0 Å². The van der Waals surface area contributed by atoms with Crippen molar-refractivity contribution in [1.29, 1.82) is 0 Å². The summed E-state index contributed by atoms with van der Waals surface area (Å²) in [5.41, 5.74) is 6.93. The minimum Gasteiger partial charge on any atom is -0.474 e. The average molecular weight is 496 g/mol. The van der Waals surface area contributed by atoms with Crippen molar-refractivity contribution >= 4 is 35.0 Å². The topological polar surface area (TPSA) is 93.8 Å². The number of hydrogen-bond donors (Lipinski definition) is 4. The standard InChI is InChI=1S/C25H33N7O2S/c1-31(15-20-17-35-30-29-20)22-12-13-32(16-22)21-9-6-18(7-10-21)27-25(33)28-19-8-11-24(26-14-19)34-23-4-2-3-5-23/h6-11,14,17,22-23,29-30H,2-5,12-13,15-16H2,1H3,(H2,27,28,33). The molecule has 1 atom stereocenters. The minimum absolute atomic E-state index is 0.267. The zero-order valence-electron chi connectivity index (χ0n) is 20.0. The van der Waals surface area contributed by atoms with E-state index in [4.69, 9.17) is 4.74 Å². The summed E-state index contributed by atoms with van der Waals surface area (Å²) in [6.45, 7) is 2.92. The Hall–Kier alpha value is -2.95. The molecule has 10 heteroatoms. The van der Waals surface area contributed by atoms with Crippen molar-refractivity contribution in [3.63, 3.8) is 0 Å². The number of pyridine rings is 1. The number of nitrogens with one attached hydrogen (secondary N) is 4. The van der Waals surface area contributed by atoms with Gasteiger partial charge < -0.3 is 25.7 Å². The van der Waals surface area contributed by atoms with E-state index in [-0.39, 0.29) is 12.1 Å². The zero-order valence-corrected chi connectivity index (χ0v) is 20.8. The molecule has 0 bridgehead atoms. The Morgan fingerprint density at radius 1 is 1.14 bits per heavy atom. The zero-order chi connectivity index (χ0) is 24.0. The van der Waals surface area contributed by atoms with E-state index in [1.807, 2.05) is 18.2 Å². The molecule has 1 unspecified atom stereocenters. The number of ether oxygens (including phenoxy) is 1. The Balaban J connectivity index is 1.08. The van der Waals surface area contributed by atoms with Crippen LogP contribution < -0.4 is 30.5 Å². The number of hydrogen-bond acceptors (Lipinski definition) is 8. The molecule has 0 spiro atoms. The molecule has 1 saturated carbocycles. The minimum atomic E-state index is -0.297. The van der Waals surface area contributed by atoms with Crippen LogP contribution in [-0.4, -0.2) is 54.7 Å². The lowest BCUT2D eigenvalue weighted by atomic mass is 10.2. The summed E-state index contributed by atoms with van der Waals surface area (Å²) >= 11 is 1.57. The number of rotatable bonds is 8. The first-order valence-corrected chi connectivity index (χ1v) is 13.1. The van der Waals surface area contributed by atoms with Crippen LogP contribution in [0.5, 0.6) is 5.88 Å². The van der Waals surface area contributed by atoms with Crippen molar-refractivity contribution in [3.8, 4) is 5.88 Å². The van der Waals surface area contributed by atoms with Crippen LogP contribution in [0.2, 0.25) is 0 Å². The molecule has 2 fully saturated rings. The summed E-state index contributed by atoms with van der Waals surface area (Å²) in [6, 6.07) is 11.9. The second-order valence-corrected chi connectivity index (χ2v) is 10.0. The molecule has 1 aliphatic carbocycles. The molecule has 1 aromatic heterocycles. The van der Waals surface area contributed by atoms with Crippen molar-refractivity contribution in [2.24, 2.45) is 0 Å². The van der Waals surface area contributed by atoms with E-state index in [1.54, 1.807) is 24.2 Å². The lowest BCUT2D eigenvalue weighted by Crippen LogP contribution is -2.38. The van der Waals surface area contributed by atoms with Gasteiger partial charge >= 0.3 is 6.03 Å². The van der Waals surface area contributed by atoms with E-state index in [1.165, 1.54) is 24.2 Å². The van der Waals surface area contributed by atoms with Gasteiger partial charge in [-0.1, -0.05) is 0 Å². The molecule has 0 radical (unpaired) electrons. The van der Waals surface area contributed by atoms with Gasteiger partial charge in [-0.15, -0.1) is 0 Å². The molecule has 186 valence electrons. The molecule has 35 heavy (non-hydrogen) atoms. The van der Waals surface area contributed by atoms with Crippen LogP contribution in [0.15, 0.2) is 53.7 Å². The third kappa shape index (κ3) is 6.39. The lowest BCUT2D eigenvalue weighted by Gasteiger charge is -2.25. The first-order valence-electron chi connectivity index (χ1n) is 12.2. The molecule has 2 amide bonds. The summed E-state index contributed by atoms with van der Waals surface area (Å²) in [6.07, 6.45) is 7.64. The maximum atomic E-state index is 12.4. The van der Waals surface area contributed by atoms with Crippen molar-refractivity contribution in [2.75, 3.05) is 42.2 Å². The fraction of sp³-hybridized carbons (Fsp3) is 0.440. The molecule has 3 heterocycles. The first kappa shape index (κ1) is 23.8. The van der Waals surface area contributed by atoms with Crippen molar-refractivity contribution in [2.45, 2.75) is 44.2 Å². The van der Waals surface area contributed by atoms with E-state index in [0.717, 1.165) is 44.6 Å². The number of amides is 2. The summed E-state index contributed by atoms with van der Waals surface area (Å²) in [7, 11) is 2.18. The fourth-order valence-electron chi connectivity index (χ4n) is 4.79. The van der Waals surface area contributed by atoms with Gasteiger partial charge in [-0.2, -0.15) is 4.83 Å². The van der Waals surface area contributed by atoms with Crippen LogP contribution in [0, 0.1) is 0 Å². The maximum Gasteiger partial charge on any atom is 0.323 e. The second-order valence-electron chi connectivity index (χ2n) is 9.33. The van der Waals surface area contributed by atoms with Gasteiger partial charge in [0.1, 0.15) is 6.10 Å². The third-order valence-corrected chi connectivity index (χ3v) is 7.37. The van der Waals surface area contributed by atoms with Gasteiger partial charge in [0.15, 0.2) is 0 Å². The number of aromatic nitrogens is 1. The molecule has 1 aromatic carbocycles. The van der Waals surface area contributed by atoms with Crippen molar-refractivity contribution < 1.29 is 9.53 Å². The van der Waals surface area contributed by atoms with Crippen LogP contribution in [-0.2, 0) is 0 Å². The highest BCUT2D eigenvalue weighted by Crippen LogP contribution is 2.26. The number of carbonyl (C=O) groups is 1. The molecular weight excluding hydrogens is 462 g/mol. The monoisotopic (exact) mass is 495 g/mol. The molecule has 1 saturated heterocycles. The SMILES string of the molecule is CN(CC1=CSNN1)C1CCN(c2ccc(NC(=O)Nc3ccc(OC4CCCC4)nc3)cc2)C1. The van der Waals surface area contributed by atoms with Crippen LogP contribution >= 0.6 is 11.9 Å². The second kappa shape index (κ2) is 11.2. The quantitative estimate of drug-likeness (QED) is 0.406. The van der Waals surface area contributed by atoms with Crippen LogP contribution in [0.3, 0.4) is 0 Å². The predicted octanol–water partition coefficient (Wildman–Crippen LogP) is 4.15. The summed E-state index contributed by atoms with van der Waals surface area (Å²) in [5.74, 6) is 0.608. The summed E-state index contributed by atoms with van der Waals surface area (Å²) in [5, 5.41) is 7.83. The molecule has 2 aliphatic heterocycles. The molecule has 4 N–H and O–H groups in total. The van der Waals surface area contributed by atoms with Gasteiger partial charge in [-0.05, 0) is 81.4 Å². The largest absolute Gasteiger partial charge is 0.474 e. The van der Waals surface area contributed by atoms with Crippen LogP contribution in [0.4, 0.5) is 21.9 Å². The lowest BCUT2D eigenvalue weighted by molar-refractivity contribution is 0.201. The maximum absolute atomic E-state index is 12.4. The number of hydrazine groups is 1. The molecule has 2 aromatic rings. The molecule has 9 nitrogen and oxygen atoms in total. The number of urea groups is 1. The van der Waals surface area contributed by atoms with Gasteiger partial charge in [0.2, 0.25) is 5.88 Å². The van der Waals surface area contributed by atoms with Gasteiger partial charge in [-0.25, -0.2) is 9.78 Å². The normalized spacial score (nSPS) is 20.1. The van der Waals surface area contributed by atoms with E-state index >= 15 is 0 Å². The van der Waals surface area contributed by atoms with Gasteiger partial charge in [0, 0.05) is 54.2 Å². The Labute approximate surface area is 210 Å². The summed E-state index contributed by atoms with van der Waals surface area (Å²) < 4.78 is 5.88. The van der Waals surface area contributed by atoms with Crippen LogP contribution in [0.1, 0.15) is 32.1 Å². The van der Waals surface area contributed by atoms with Gasteiger partial charge in [0.25, 0.3) is 0 Å². The molecular formula is C25H33N7O2S. The van der Waals surface area contributed by atoms with Gasteiger partial charge in [0.05, 0.1) is 11.9 Å². The number of anilines is 3. The third-order valence-electron chi connectivity index (χ3n) is 6.75. The number of nitrogens with zero attached hydrogens (tertiary/aromatic N) is 3. The number of likely N-dealkylation sites (N-methyl/N-ethyl adjacent to an activating group) is 1. The van der Waals surface area contributed by atoms with Gasteiger partial charge in [-0.3, -0.25) is 4.90 Å². The first-order chi connectivity index (χ1) is 17.1. The molecule has 3 aliphatic rings. The number of carbonyl (C=O) groups excluding carboxylic acids is 1. The fourth-order valence-corrected chi connectivity index (χ4v) is 5.31. The smallest absolute Gasteiger partial charge is 0.323 e. The summed E-state index contributed by atoms with van der Waals surface area (Å²) in [4.78, 5) is 24.6. The van der Waals surface area contributed by atoms with Crippen LogP contribution in [0.25, 0.3) is 0 Å². The highest BCUT2D eigenvalue weighted by molar-refractivity contribution is 8.00. The average Bonchev–Trinajstić information content (AvgIpc) is 3.64. The highest BCUT2D eigenvalue weighted by Gasteiger charge is 2.26. The highest BCUT2D eigenvalue weighted by atomic mass is 32.2. The number of benzene rings is 1. The van der Waals surface area contributed by atoms with E-state index in [9.17, 15) is 4.79 Å². The van der Waals surface area contributed by atoms with Crippen molar-refractivity contribution in [1.82, 2.24) is 20.1 Å². The molecule has 5 rings (SSSR count). The Bertz CT molecular complexity index is 1030.